The second-order valence-corrected chi connectivity index (χ2v) is 4.79. The number of hydrogen-bond donors (Lipinski definition) is 1. The van der Waals surface area contributed by atoms with Crippen LogP contribution in [0.3, 0.4) is 0 Å². The summed E-state index contributed by atoms with van der Waals surface area (Å²) in [4.78, 5) is 22.7. The molecule has 4 nitrogen and oxygen atoms in total. The minimum absolute atomic E-state index is 0.0289. The van der Waals surface area contributed by atoms with Gasteiger partial charge in [0.2, 0.25) is 5.91 Å². The Morgan fingerprint density at radius 3 is 2.68 bits per heavy atom. The van der Waals surface area contributed by atoms with Gasteiger partial charge in [0, 0.05) is 12.1 Å². The van der Waals surface area contributed by atoms with Crippen LogP contribution in [-0.2, 0) is 14.3 Å². The molecule has 104 valence electrons. The van der Waals surface area contributed by atoms with Crippen LogP contribution in [0.5, 0.6) is 0 Å². The quantitative estimate of drug-likeness (QED) is 0.843. The van der Waals surface area contributed by atoms with Gasteiger partial charge in [-0.2, -0.15) is 0 Å². The third kappa shape index (κ3) is 4.98. The molecule has 0 heterocycles. The number of carbonyl (C=O) groups excluding carboxylic acids is 2. The van der Waals surface area contributed by atoms with Gasteiger partial charge in [-0.1, -0.05) is 0 Å². The van der Waals surface area contributed by atoms with Crippen LogP contribution in [0.25, 0.3) is 0 Å². The summed E-state index contributed by atoms with van der Waals surface area (Å²) in [5.41, 5.74) is 1.13. The Hall–Kier alpha value is -1.43. The van der Waals surface area contributed by atoms with Gasteiger partial charge in [-0.25, -0.2) is 4.39 Å². The Balaban J connectivity index is 2.58. The van der Waals surface area contributed by atoms with Crippen LogP contribution in [0, 0.1) is 12.7 Å². The molecular formula is C13H15BrFNO3. The van der Waals surface area contributed by atoms with Crippen LogP contribution in [0.1, 0.15) is 25.3 Å². The summed E-state index contributed by atoms with van der Waals surface area (Å²) >= 11 is 3.05. The maximum atomic E-state index is 13.2. The van der Waals surface area contributed by atoms with Crippen LogP contribution in [0.15, 0.2) is 16.6 Å². The Labute approximate surface area is 119 Å². The molecule has 6 heteroatoms. The fourth-order valence-electron chi connectivity index (χ4n) is 1.44. The van der Waals surface area contributed by atoms with Gasteiger partial charge in [0.1, 0.15) is 5.82 Å². The molecule has 0 unspecified atom stereocenters. The molecule has 1 amide bonds. The molecule has 0 saturated carbocycles. The fourth-order valence-corrected chi connectivity index (χ4v) is 1.79. The smallest absolute Gasteiger partial charge is 0.306 e. The number of aryl methyl sites for hydroxylation is 1. The van der Waals surface area contributed by atoms with Crippen LogP contribution in [0.4, 0.5) is 10.1 Å². The van der Waals surface area contributed by atoms with Crippen molar-refractivity contribution < 1.29 is 18.7 Å². The summed E-state index contributed by atoms with van der Waals surface area (Å²) in [5, 5.41) is 2.63. The van der Waals surface area contributed by atoms with Crippen molar-refractivity contribution in [3.8, 4) is 0 Å². The highest BCUT2D eigenvalue weighted by Crippen LogP contribution is 2.24. The first-order valence-electron chi connectivity index (χ1n) is 5.85. The molecule has 0 bridgehead atoms. The van der Waals surface area contributed by atoms with Crippen LogP contribution in [0.2, 0.25) is 0 Å². The third-order valence-electron chi connectivity index (χ3n) is 2.40. The fraction of sp³-hybridized carbons (Fsp3) is 0.385. The molecule has 1 aromatic rings. The lowest BCUT2D eigenvalue weighted by atomic mass is 10.2. The van der Waals surface area contributed by atoms with Gasteiger partial charge in [-0.15, -0.1) is 0 Å². The number of carbonyl (C=O) groups is 2. The zero-order valence-electron chi connectivity index (χ0n) is 10.8. The van der Waals surface area contributed by atoms with Crippen molar-refractivity contribution >= 4 is 33.5 Å². The first kappa shape index (κ1) is 15.6. The molecule has 0 aromatic heterocycles. The molecule has 19 heavy (non-hydrogen) atoms. The summed E-state index contributed by atoms with van der Waals surface area (Å²) in [6.07, 6.45) is 0.0638. The van der Waals surface area contributed by atoms with Crippen LogP contribution < -0.4 is 5.32 Å². The maximum absolute atomic E-state index is 13.2. The van der Waals surface area contributed by atoms with Gasteiger partial charge < -0.3 is 10.1 Å². The lowest BCUT2D eigenvalue weighted by Gasteiger charge is -2.09. The SMILES string of the molecule is CCOC(=O)CCC(=O)Nc1cc(Br)c(F)cc1C. The van der Waals surface area contributed by atoms with E-state index in [0.717, 1.165) is 0 Å². The average molecular weight is 332 g/mol. The van der Waals surface area contributed by atoms with Crippen molar-refractivity contribution in [2.45, 2.75) is 26.7 Å². The van der Waals surface area contributed by atoms with E-state index in [0.29, 0.717) is 17.9 Å². The predicted octanol–water partition coefficient (Wildman–Crippen LogP) is 3.18. The van der Waals surface area contributed by atoms with Crippen molar-refractivity contribution in [2.24, 2.45) is 0 Å². The van der Waals surface area contributed by atoms with Gasteiger partial charge in [-0.3, -0.25) is 9.59 Å². The monoisotopic (exact) mass is 331 g/mol. The molecule has 1 rings (SSSR count). The maximum Gasteiger partial charge on any atom is 0.306 e. The van der Waals surface area contributed by atoms with E-state index in [4.69, 9.17) is 4.74 Å². The van der Waals surface area contributed by atoms with E-state index in [-0.39, 0.29) is 29.0 Å². The van der Waals surface area contributed by atoms with Crippen LogP contribution in [-0.4, -0.2) is 18.5 Å². The zero-order valence-corrected chi connectivity index (χ0v) is 12.3. The average Bonchev–Trinajstić information content (AvgIpc) is 2.34. The number of esters is 1. The van der Waals surface area contributed by atoms with Crippen molar-refractivity contribution in [1.29, 1.82) is 0 Å². The highest BCUT2D eigenvalue weighted by atomic mass is 79.9. The second kappa shape index (κ2) is 7.23. The molecule has 0 aliphatic heterocycles. The van der Waals surface area contributed by atoms with Crippen molar-refractivity contribution in [3.05, 3.63) is 28.0 Å². The van der Waals surface area contributed by atoms with Crippen molar-refractivity contribution in [2.75, 3.05) is 11.9 Å². The van der Waals surface area contributed by atoms with Gasteiger partial charge >= 0.3 is 5.97 Å². The molecule has 0 radical (unpaired) electrons. The van der Waals surface area contributed by atoms with E-state index in [1.165, 1.54) is 12.1 Å². The molecule has 0 saturated heterocycles. The first-order chi connectivity index (χ1) is 8.93. The van der Waals surface area contributed by atoms with Crippen molar-refractivity contribution in [1.82, 2.24) is 0 Å². The number of amides is 1. The van der Waals surface area contributed by atoms with Gasteiger partial charge in [-0.05, 0) is 47.5 Å². The second-order valence-electron chi connectivity index (χ2n) is 3.93. The lowest BCUT2D eigenvalue weighted by molar-refractivity contribution is -0.144. The van der Waals surface area contributed by atoms with Gasteiger partial charge in [0.25, 0.3) is 0 Å². The molecule has 0 fully saturated rings. The minimum Gasteiger partial charge on any atom is -0.466 e. The lowest BCUT2D eigenvalue weighted by Crippen LogP contribution is -2.15. The molecular weight excluding hydrogens is 317 g/mol. The number of rotatable bonds is 5. The van der Waals surface area contributed by atoms with E-state index in [1.807, 2.05) is 0 Å². The molecule has 0 spiro atoms. The number of hydrogen-bond acceptors (Lipinski definition) is 3. The number of ether oxygens (including phenoxy) is 1. The summed E-state index contributed by atoms with van der Waals surface area (Å²) in [7, 11) is 0. The standard InChI is InChI=1S/C13H15BrFNO3/c1-3-19-13(18)5-4-12(17)16-11-7-9(14)10(15)6-8(11)2/h6-7H,3-5H2,1-2H3,(H,16,17). The Morgan fingerprint density at radius 2 is 2.05 bits per heavy atom. The molecule has 0 atom stereocenters. The molecule has 1 aromatic carbocycles. The summed E-state index contributed by atoms with van der Waals surface area (Å²) in [6.45, 7) is 3.69. The van der Waals surface area contributed by atoms with Gasteiger partial charge in [0.15, 0.2) is 0 Å². The topological polar surface area (TPSA) is 55.4 Å². The minimum atomic E-state index is -0.408. The highest BCUT2D eigenvalue weighted by molar-refractivity contribution is 9.10. The van der Waals surface area contributed by atoms with E-state index >= 15 is 0 Å². The van der Waals surface area contributed by atoms with Gasteiger partial charge in [0.05, 0.1) is 17.5 Å². The summed E-state index contributed by atoms with van der Waals surface area (Å²) in [6, 6.07) is 2.82. The number of benzene rings is 1. The Kier molecular flexibility index (Phi) is 5.95. The van der Waals surface area contributed by atoms with E-state index in [1.54, 1.807) is 13.8 Å². The largest absolute Gasteiger partial charge is 0.466 e. The zero-order chi connectivity index (χ0) is 14.4. The summed E-state index contributed by atoms with van der Waals surface area (Å²) in [5.74, 6) is -1.11. The normalized spacial score (nSPS) is 10.1. The number of halogens is 2. The predicted molar refractivity (Wildman–Crippen MR) is 73.3 cm³/mol. The molecule has 1 N–H and O–H groups in total. The first-order valence-corrected chi connectivity index (χ1v) is 6.64. The molecule has 0 aliphatic carbocycles. The van der Waals surface area contributed by atoms with Crippen LogP contribution >= 0.6 is 15.9 Å². The van der Waals surface area contributed by atoms with Crippen molar-refractivity contribution in [3.63, 3.8) is 0 Å². The number of nitrogens with one attached hydrogen (secondary N) is 1. The highest BCUT2D eigenvalue weighted by Gasteiger charge is 2.10. The van der Waals surface area contributed by atoms with E-state index in [9.17, 15) is 14.0 Å². The Morgan fingerprint density at radius 1 is 1.37 bits per heavy atom. The number of anilines is 1. The Bertz CT molecular complexity index is 491. The third-order valence-corrected chi connectivity index (χ3v) is 3.01. The van der Waals surface area contributed by atoms with E-state index < -0.39 is 5.97 Å². The molecule has 0 aliphatic rings. The summed E-state index contributed by atoms with van der Waals surface area (Å²) < 4.78 is 18.2. The van der Waals surface area contributed by atoms with E-state index in [2.05, 4.69) is 21.2 Å².